The molecule has 1 N–H and O–H groups in total. The first kappa shape index (κ1) is 7.99. The molecule has 0 heterocycles. The Bertz CT molecular complexity index is 116. The largest absolute Gasteiger partial charge is 0.312 e. The summed E-state index contributed by atoms with van der Waals surface area (Å²) in [7, 11) is 1.85. The van der Waals surface area contributed by atoms with Gasteiger partial charge in [0.1, 0.15) is 6.17 Å². The highest BCUT2D eigenvalue weighted by Gasteiger charge is 2.34. The Morgan fingerprint density at radius 1 is 1.50 bits per heavy atom. The quantitative estimate of drug-likeness (QED) is 0.594. The lowest BCUT2D eigenvalue weighted by Gasteiger charge is -2.36. The second-order valence-electron chi connectivity index (χ2n) is 3.38. The normalized spacial score (nSPS) is 41.7. The topological polar surface area (TPSA) is 12.0 Å². The van der Waals surface area contributed by atoms with Gasteiger partial charge >= 0.3 is 0 Å². The van der Waals surface area contributed by atoms with E-state index in [2.05, 4.69) is 5.32 Å². The Morgan fingerprint density at radius 2 is 2.20 bits per heavy atom. The molecule has 0 aromatic rings. The van der Waals surface area contributed by atoms with E-state index in [9.17, 15) is 4.39 Å². The summed E-state index contributed by atoms with van der Waals surface area (Å²) in [5.41, 5.74) is -0.238. The van der Waals surface area contributed by atoms with Gasteiger partial charge in [0.15, 0.2) is 0 Å². The van der Waals surface area contributed by atoms with Crippen LogP contribution in [0.5, 0.6) is 0 Å². The van der Waals surface area contributed by atoms with Gasteiger partial charge in [0.2, 0.25) is 0 Å². The van der Waals surface area contributed by atoms with E-state index >= 15 is 0 Å². The van der Waals surface area contributed by atoms with Crippen LogP contribution in [0.2, 0.25) is 0 Å². The fourth-order valence-electron chi connectivity index (χ4n) is 1.57. The molecule has 0 saturated heterocycles. The number of hydrogen-bond acceptors (Lipinski definition) is 1. The molecule has 10 heavy (non-hydrogen) atoms. The number of nitrogens with one attached hydrogen (secondary N) is 1. The van der Waals surface area contributed by atoms with Crippen LogP contribution in [-0.4, -0.2) is 18.8 Å². The first-order valence-corrected chi connectivity index (χ1v) is 4.02. The highest BCUT2D eigenvalue weighted by Crippen LogP contribution is 2.29. The predicted octanol–water partition coefficient (Wildman–Crippen LogP) is 1.88. The Balaban J connectivity index is 2.54. The van der Waals surface area contributed by atoms with Crippen molar-refractivity contribution in [2.45, 2.75) is 44.3 Å². The predicted molar refractivity (Wildman–Crippen MR) is 40.8 cm³/mol. The van der Waals surface area contributed by atoms with Crippen molar-refractivity contribution in [1.29, 1.82) is 0 Å². The Labute approximate surface area is 62.0 Å². The van der Waals surface area contributed by atoms with Crippen molar-refractivity contribution in [2.75, 3.05) is 7.05 Å². The number of rotatable bonds is 1. The zero-order valence-corrected chi connectivity index (χ0v) is 6.78. The molecule has 2 unspecified atom stereocenters. The third-order valence-corrected chi connectivity index (χ3v) is 2.67. The highest BCUT2D eigenvalue weighted by atomic mass is 19.1. The van der Waals surface area contributed by atoms with Gasteiger partial charge in [0, 0.05) is 5.54 Å². The maximum atomic E-state index is 13.2. The maximum Gasteiger partial charge on any atom is 0.118 e. The SMILES string of the molecule is CNC1(C)CCCCC1F. The van der Waals surface area contributed by atoms with Crippen LogP contribution in [0, 0.1) is 0 Å². The molecule has 1 saturated carbocycles. The van der Waals surface area contributed by atoms with Gasteiger partial charge in [-0.15, -0.1) is 0 Å². The third kappa shape index (κ3) is 1.31. The van der Waals surface area contributed by atoms with E-state index in [1.165, 1.54) is 0 Å². The van der Waals surface area contributed by atoms with Gasteiger partial charge in [-0.05, 0) is 26.8 Å². The molecule has 1 aliphatic rings. The van der Waals surface area contributed by atoms with Crippen molar-refractivity contribution in [1.82, 2.24) is 5.32 Å². The fourth-order valence-corrected chi connectivity index (χ4v) is 1.57. The Hall–Kier alpha value is -0.110. The summed E-state index contributed by atoms with van der Waals surface area (Å²) in [4.78, 5) is 0. The molecule has 1 fully saturated rings. The van der Waals surface area contributed by atoms with Crippen LogP contribution in [0.25, 0.3) is 0 Å². The second-order valence-corrected chi connectivity index (χ2v) is 3.38. The van der Waals surface area contributed by atoms with Gasteiger partial charge in [-0.3, -0.25) is 0 Å². The van der Waals surface area contributed by atoms with Gasteiger partial charge in [0.25, 0.3) is 0 Å². The van der Waals surface area contributed by atoms with Gasteiger partial charge in [-0.1, -0.05) is 12.8 Å². The van der Waals surface area contributed by atoms with Crippen LogP contribution in [0.15, 0.2) is 0 Å². The summed E-state index contributed by atoms with van der Waals surface area (Å²) < 4.78 is 13.2. The number of halogens is 1. The monoisotopic (exact) mass is 145 g/mol. The van der Waals surface area contributed by atoms with Gasteiger partial charge in [-0.2, -0.15) is 0 Å². The van der Waals surface area contributed by atoms with Gasteiger partial charge in [-0.25, -0.2) is 4.39 Å². The van der Waals surface area contributed by atoms with Crippen LogP contribution in [0.1, 0.15) is 32.6 Å². The van der Waals surface area contributed by atoms with Crippen molar-refractivity contribution >= 4 is 0 Å². The Morgan fingerprint density at radius 3 is 2.60 bits per heavy atom. The molecule has 0 spiro atoms. The molecule has 60 valence electrons. The second kappa shape index (κ2) is 2.87. The molecular formula is C8H16FN. The fraction of sp³-hybridized carbons (Fsp3) is 1.00. The van der Waals surface area contributed by atoms with Crippen molar-refractivity contribution in [3.63, 3.8) is 0 Å². The van der Waals surface area contributed by atoms with E-state index in [-0.39, 0.29) is 5.54 Å². The molecule has 1 aliphatic carbocycles. The first-order chi connectivity index (χ1) is 4.69. The van der Waals surface area contributed by atoms with E-state index in [0.717, 1.165) is 25.7 Å². The lowest BCUT2D eigenvalue weighted by Crippen LogP contribution is -2.50. The molecule has 0 aliphatic heterocycles. The molecule has 0 aromatic carbocycles. The summed E-state index contributed by atoms with van der Waals surface area (Å²) in [5, 5.41) is 3.06. The molecular weight excluding hydrogens is 129 g/mol. The van der Waals surface area contributed by atoms with E-state index in [4.69, 9.17) is 0 Å². The third-order valence-electron chi connectivity index (χ3n) is 2.67. The average molecular weight is 145 g/mol. The molecule has 0 aromatic heterocycles. The summed E-state index contributed by atoms with van der Waals surface area (Å²) >= 11 is 0. The van der Waals surface area contributed by atoms with E-state index < -0.39 is 6.17 Å². The smallest absolute Gasteiger partial charge is 0.118 e. The van der Waals surface area contributed by atoms with Crippen LogP contribution in [-0.2, 0) is 0 Å². The minimum absolute atomic E-state index is 0.238. The minimum Gasteiger partial charge on any atom is -0.312 e. The van der Waals surface area contributed by atoms with Crippen LogP contribution in [0.3, 0.4) is 0 Å². The van der Waals surface area contributed by atoms with E-state index in [1.807, 2.05) is 14.0 Å². The Kier molecular flexibility index (Phi) is 2.29. The highest BCUT2D eigenvalue weighted by molar-refractivity contribution is 4.92. The molecule has 0 radical (unpaired) electrons. The molecule has 0 bridgehead atoms. The van der Waals surface area contributed by atoms with Crippen molar-refractivity contribution < 1.29 is 4.39 Å². The summed E-state index contributed by atoms with van der Waals surface area (Å²) in [6, 6.07) is 0. The lowest BCUT2D eigenvalue weighted by atomic mass is 9.82. The van der Waals surface area contributed by atoms with Crippen molar-refractivity contribution in [2.24, 2.45) is 0 Å². The minimum atomic E-state index is -0.647. The zero-order chi connectivity index (χ0) is 7.61. The molecule has 1 nitrogen and oxygen atoms in total. The summed E-state index contributed by atoms with van der Waals surface area (Å²) in [5.74, 6) is 0. The standard InChI is InChI=1S/C8H16FN/c1-8(10-2)6-4-3-5-7(8)9/h7,10H,3-6H2,1-2H3. The van der Waals surface area contributed by atoms with Gasteiger partial charge < -0.3 is 5.32 Å². The molecule has 2 heteroatoms. The van der Waals surface area contributed by atoms with Crippen LogP contribution in [0.4, 0.5) is 4.39 Å². The average Bonchev–Trinajstić information content (AvgIpc) is 1.96. The van der Waals surface area contributed by atoms with Crippen LogP contribution >= 0.6 is 0 Å². The summed E-state index contributed by atoms with van der Waals surface area (Å²) in [6.45, 7) is 1.97. The van der Waals surface area contributed by atoms with E-state index in [1.54, 1.807) is 0 Å². The van der Waals surface area contributed by atoms with Crippen molar-refractivity contribution in [3.05, 3.63) is 0 Å². The number of alkyl halides is 1. The van der Waals surface area contributed by atoms with Gasteiger partial charge in [0.05, 0.1) is 0 Å². The maximum absolute atomic E-state index is 13.2. The van der Waals surface area contributed by atoms with Crippen molar-refractivity contribution in [3.8, 4) is 0 Å². The first-order valence-electron chi connectivity index (χ1n) is 4.02. The number of hydrogen-bond donors (Lipinski definition) is 1. The lowest BCUT2D eigenvalue weighted by molar-refractivity contribution is 0.119. The van der Waals surface area contributed by atoms with Crippen LogP contribution < -0.4 is 5.32 Å². The summed E-state index contributed by atoms with van der Waals surface area (Å²) in [6.07, 6.45) is 3.28. The molecule has 2 atom stereocenters. The van der Waals surface area contributed by atoms with E-state index in [0.29, 0.717) is 0 Å². The molecule has 1 rings (SSSR count). The zero-order valence-electron chi connectivity index (χ0n) is 6.78. The molecule has 0 amide bonds.